The maximum absolute atomic E-state index is 3.87. The van der Waals surface area contributed by atoms with Crippen LogP contribution in [-0.4, -0.2) is 24.6 Å². The van der Waals surface area contributed by atoms with Crippen molar-refractivity contribution >= 4 is 11.8 Å². The van der Waals surface area contributed by atoms with Crippen LogP contribution in [0, 0.1) is 0 Å². The van der Waals surface area contributed by atoms with E-state index in [0.717, 1.165) is 13.0 Å². The van der Waals surface area contributed by atoms with Crippen LogP contribution in [0.2, 0.25) is 0 Å². The molecule has 1 N–H and O–H groups in total. The standard InChI is InChI=1S/C10H21NS/c1-9(2)5-7-11-10(3)6-8-12-4/h10-11H,1,5-8H2,2-4H3. The van der Waals surface area contributed by atoms with Crippen molar-refractivity contribution in [2.24, 2.45) is 0 Å². The lowest BCUT2D eigenvalue weighted by molar-refractivity contribution is 0.540. The summed E-state index contributed by atoms with van der Waals surface area (Å²) in [6.07, 6.45) is 4.52. The van der Waals surface area contributed by atoms with Gasteiger partial charge in [0.15, 0.2) is 0 Å². The predicted octanol–water partition coefficient (Wildman–Crippen LogP) is 2.68. The van der Waals surface area contributed by atoms with Gasteiger partial charge in [-0.05, 0) is 45.2 Å². The second kappa shape index (κ2) is 7.69. The van der Waals surface area contributed by atoms with Crippen molar-refractivity contribution < 1.29 is 0 Å². The van der Waals surface area contributed by atoms with Crippen LogP contribution in [0.4, 0.5) is 0 Å². The van der Waals surface area contributed by atoms with Crippen molar-refractivity contribution in [3.8, 4) is 0 Å². The lowest BCUT2D eigenvalue weighted by Gasteiger charge is -2.12. The molecule has 0 radical (unpaired) electrons. The molecular formula is C10H21NS. The molecule has 2 heteroatoms. The van der Waals surface area contributed by atoms with Gasteiger partial charge >= 0.3 is 0 Å². The van der Waals surface area contributed by atoms with E-state index in [1.165, 1.54) is 17.7 Å². The monoisotopic (exact) mass is 187 g/mol. The zero-order valence-electron chi connectivity index (χ0n) is 8.52. The molecule has 0 saturated carbocycles. The Morgan fingerprint density at radius 1 is 1.58 bits per heavy atom. The Hall–Kier alpha value is 0.0500. The van der Waals surface area contributed by atoms with Crippen LogP contribution in [0.5, 0.6) is 0 Å². The smallest absolute Gasteiger partial charge is 0.00467 e. The van der Waals surface area contributed by atoms with Gasteiger partial charge in [-0.1, -0.05) is 5.57 Å². The van der Waals surface area contributed by atoms with Crippen LogP contribution >= 0.6 is 11.8 Å². The zero-order valence-corrected chi connectivity index (χ0v) is 9.34. The molecule has 0 bridgehead atoms. The van der Waals surface area contributed by atoms with Crippen molar-refractivity contribution in [1.29, 1.82) is 0 Å². The Morgan fingerprint density at radius 3 is 2.75 bits per heavy atom. The van der Waals surface area contributed by atoms with Crippen molar-refractivity contribution in [2.45, 2.75) is 32.7 Å². The fourth-order valence-corrected chi connectivity index (χ4v) is 1.52. The van der Waals surface area contributed by atoms with Gasteiger partial charge in [0.25, 0.3) is 0 Å². The maximum Gasteiger partial charge on any atom is 0.00467 e. The Labute approximate surface area is 81.0 Å². The van der Waals surface area contributed by atoms with Gasteiger partial charge in [-0.2, -0.15) is 11.8 Å². The minimum absolute atomic E-state index is 0.650. The summed E-state index contributed by atoms with van der Waals surface area (Å²) in [6.45, 7) is 9.27. The first-order valence-electron chi connectivity index (χ1n) is 4.53. The molecule has 0 aromatic carbocycles. The molecule has 0 spiro atoms. The molecule has 0 fully saturated rings. The van der Waals surface area contributed by atoms with E-state index in [1.807, 2.05) is 11.8 Å². The molecule has 0 aliphatic heterocycles. The number of nitrogens with one attached hydrogen (secondary N) is 1. The highest BCUT2D eigenvalue weighted by Gasteiger charge is 1.98. The van der Waals surface area contributed by atoms with E-state index < -0.39 is 0 Å². The summed E-state index contributed by atoms with van der Waals surface area (Å²) in [5.74, 6) is 1.25. The van der Waals surface area contributed by atoms with Gasteiger partial charge in [-0.3, -0.25) is 0 Å². The summed E-state index contributed by atoms with van der Waals surface area (Å²) in [4.78, 5) is 0. The van der Waals surface area contributed by atoms with Gasteiger partial charge in [0.1, 0.15) is 0 Å². The first-order valence-corrected chi connectivity index (χ1v) is 5.93. The van der Waals surface area contributed by atoms with E-state index in [9.17, 15) is 0 Å². The predicted molar refractivity (Wildman–Crippen MR) is 59.9 cm³/mol. The molecule has 0 aliphatic rings. The van der Waals surface area contributed by atoms with E-state index in [0.29, 0.717) is 6.04 Å². The lowest BCUT2D eigenvalue weighted by atomic mass is 10.2. The fourth-order valence-electron chi connectivity index (χ4n) is 0.929. The van der Waals surface area contributed by atoms with Gasteiger partial charge in [0.2, 0.25) is 0 Å². The Balaban J connectivity index is 3.19. The van der Waals surface area contributed by atoms with Gasteiger partial charge in [0.05, 0.1) is 0 Å². The second-order valence-electron chi connectivity index (χ2n) is 3.34. The van der Waals surface area contributed by atoms with Gasteiger partial charge in [-0.15, -0.1) is 6.58 Å². The third-order valence-electron chi connectivity index (χ3n) is 1.80. The first kappa shape index (κ1) is 12.0. The third-order valence-corrected chi connectivity index (χ3v) is 2.44. The minimum atomic E-state index is 0.650. The fraction of sp³-hybridized carbons (Fsp3) is 0.800. The lowest BCUT2D eigenvalue weighted by Crippen LogP contribution is -2.27. The van der Waals surface area contributed by atoms with Crippen LogP contribution in [0.3, 0.4) is 0 Å². The van der Waals surface area contributed by atoms with Crippen molar-refractivity contribution in [1.82, 2.24) is 5.32 Å². The highest BCUT2D eigenvalue weighted by molar-refractivity contribution is 7.98. The Bertz CT molecular complexity index is 123. The summed E-state index contributed by atoms with van der Waals surface area (Å²) >= 11 is 1.91. The second-order valence-corrected chi connectivity index (χ2v) is 4.33. The highest BCUT2D eigenvalue weighted by Crippen LogP contribution is 2.00. The third kappa shape index (κ3) is 8.15. The average Bonchev–Trinajstić information content (AvgIpc) is 2.00. The number of rotatable bonds is 7. The molecule has 1 nitrogen and oxygen atoms in total. The molecule has 0 heterocycles. The first-order chi connectivity index (χ1) is 5.66. The molecule has 0 aromatic rings. The Morgan fingerprint density at radius 2 is 2.25 bits per heavy atom. The SMILES string of the molecule is C=C(C)CCNC(C)CCSC. The van der Waals surface area contributed by atoms with E-state index in [1.54, 1.807) is 0 Å². The maximum atomic E-state index is 3.87. The minimum Gasteiger partial charge on any atom is -0.314 e. The average molecular weight is 187 g/mol. The molecule has 0 aliphatic carbocycles. The number of hydrogen-bond acceptors (Lipinski definition) is 2. The van der Waals surface area contributed by atoms with Crippen LogP contribution in [0.25, 0.3) is 0 Å². The van der Waals surface area contributed by atoms with E-state index in [4.69, 9.17) is 0 Å². The molecule has 12 heavy (non-hydrogen) atoms. The van der Waals surface area contributed by atoms with Crippen LogP contribution in [0.15, 0.2) is 12.2 Å². The van der Waals surface area contributed by atoms with E-state index >= 15 is 0 Å². The number of hydrogen-bond donors (Lipinski definition) is 1. The highest BCUT2D eigenvalue weighted by atomic mass is 32.2. The van der Waals surface area contributed by atoms with E-state index in [-0.39, 0.29) is 0 Å². The molecule has 72 valence electrons. The van der Waals surface area contributed by atoms with Crippen molar-refractivity contribution in [2.75, 3.05) is 18.6 Å². The van der Waals surface area contributed by atoms with Crippen LogP contribution in [-0.2, 0) is 0 Å². The van der Waals surface area contributed by atoms with Gasteiger partial charge in [-0.25, -0.2) is 0 Å². The van der Waals surface area contributed by atoms with Crippen LogP contribution < -0.4 is 5.32 Å². The molecule has 0 rings (SSSR count). The molecule has 1 unspecified atom stereocenters. The largest absolute Gasteiger partial charge is 0.314 e. The molecule has 1 atom stereocenters. The molecular weight excluding hydrogens is 166 g/mol. The molecule has 0 amide bonds. The zero-order chi connectivity index (χ0) is 9.40. The van der Waals surface area contributed by atoms with E-state index in [2.05, 4.69) is 32.0 Å². The topological polar surface area (TPSA) is 12.0 Å². The van der Waals surface area contributed by atoms with Gasteiger partial charge in [0, 0.05) is 6.04 Å². The Kier molecular flexibility index (Phi) is 7.72. The molecule has 0 saturated heterocycles. The summed E-state index contributed by atoms with van der Waals surface area (Å²) in [6, 6.07) is 0.650. The van der Waals surface area contributed by atoms with Crippen molar-refractivity contribution in [3.63, 3.8) is 0 Å². The number of thioether (sulfide) groups is 1. The summed E-state index contributed by atoms with van der Waals surface area (Å²) < 4.78 is 0. The van der Waals surface area contributed by atoms with Crippen molar-refractivity contribution in [3.05, 3.63) is 12.2 Å². The molecule has 0 aromatic heterocycles. The normalized spacial score (nSPS) is 12.9. The summed E-state index contributed by atoms with van der Waals surface area (Å²) in [5, 5.41) is 3.47. The summed E-state index contributed by atoms with van der Waals surface area (Å²) in [7, 11) is 0. The quantitative estimate of drug-likeness (QED) is 0.615. The van der Waals surface area contributed by atoms with Gasteiger partial charge < -0.3 is 5.32 Å². The summed E-state index contributed by atoms with van der Waals surface area (Å²) in [5.41, 5.74) is 1.26. The van der Waals surface area contributed by atoms with Crippen LogP contribution in [0.1, 0.15) is 26.7 Å².